The van der Waals surface area contributed by atoms with Crippen LogP contribution in [-0.2, 0) is 4.79 Å². The van der Waals surface area contributed by atoms with Gasteiger partial charge in [-0.3, -0.25) is 9.59 Å². The van der Waals surface area contributed by atoms with Gasteiger partial charge in [0.05, 0.1) is 18.1 Å². The summed E-state index contributed by atoms with van der Waals surface area (Å²) < 4.78 is 13.2. The largest absolute Gasteiger partial charge is 0.388 e. The molecule has 5 rings (SSSR count). The van der Waals surface area contributed by atoms with Gasteiger partial charge < -0.3 is 10.0 Å². The van der Waals surface area contributed by atoms with Crippen molar-refractivity contribution < 1.29 is 19.1 Å². The van der Waals surface area contributed by atoms with Crippen LogP contribution in [0.2, 0.25) is 0 Å². The zero-order valence-electron chi connectivity index (χ0n) is 20.1. The fourth-order valence-electron chi connectivity index (χ4n) is 5.16. The molecule has 1 aliphatic carbocycles. The van der Waals surface area contributed by atoms with Crippen molar-refractivity contribution in [3.05, 3.63) is 120 Å². The van der Waals surface area contributed by atoms with Crippen molar-refractivity contribution in [3.63, 3.8) is 0 Å². The smallest absolute Gasteiger partial charge is 0.233 e. The average Bonchev–Trinajstić information content (AvgIpc) is 2.90. The third kappa shape index (κ3) is 4.54. The molecule has 1 N–H and O–H groups in total. The Labute approximate surface area is 210 Å². The van der Waals surface area contributed by atoms with Crippen molar-refractivity contribution in [1.29, 1.82) is 0 Å². The lowest BCUT2D eigenvalue weighted by Crippen LogP contribution is -2.55. The lowest BCUT2D eigenvalue weighted by atomic mass is 9.77. The fourth-order valence-corrected chi connectivity index (χ4v) is 5.16. The second-order valence-electron chi connectivity index (χ2n) is 9.47. The zero-order valence-corrected chi connectivity index (χ0v) is 20.1. The minimum atomic E-state index is -0.509. The van der Waals surface area contributed by atoms with Crippen LogP contribution in [0.25, 0.3) is 5.57 Å². The van der Waals surface area contributed by atoms with E-state index in [1.54, 1.807) is 11.0 Å². The Hall–Kier alpha value is -3.83. The summed E-state index contributed by atoms with van der Waals surface area (Å²) in [6.45, 7) is 2.00. The van der Waals surface area contributed by atoms with Crippen molar-refractivity contribution in [3.8, 4) is 0 Å². The SMILES string of the molecule is CC1C(c2ccc([C@@H]3[C@@H](CCC(=O)c4ccc(F)cc4)C(=O)N3c3ccccc3)cc2)=CC=CC1O. The first-order chi connectivity index (χ1) is 17.4. The van der Waals surface area contributed by atoms with Crippen LogP contribution in [0.4, 0.5) is 10.1 Å². The number of carbonyl (C=O) groups excluding carboxylic acids is 2. The van der Waals surface area contributed by atoms with Gasteiger partial charge in [0.15, 0.2) is 5.78 Å². The Kier molecular flexibility index (Phi) is 6.66. The number of carbonyl (C=O) groups is 2. The molecule has 3 aromatic carbocycles. The predicted molar refractivity (Wildman–Crippen MR) is 139 cm³/mol. The number of aliphatic hydroxyl groups is 1. The number of aliphatic hydroxyl groups excluding tert-OH is 1. The van der Waals surface area contributed by atoms with Gasteiger partial charge in [0.25, 0.3) is 0 Å². The summed E-state index contributed by atoms with van der Waals surface area (Å²) >= 11 is 0. The molecule has 1 fully saturated rings. The van der Waals surface area contributed by atoms with E-state index in [2.05, 4.69) is 0 Å². The highest BCUT2D eigenvalue weighted by atomic mass is 19.1. The number of allylic oxidation sites excluding steroid dienone is 2. The molecule has 0 saturated carbocycles. The molecule has 3 aromatic rings. The van der Waals surface area contributed by atoms with Gasteiger partial charge in [0.2, 0.25) is 5.91 Å². The van der Waals surface area contributed by atoms with Crippen LogP contribution in [-0.4, -0.2) is 22.9 Å². The highest BCUT2D eigenvalue weighted by Gasteiger charge is 2.48. The van der Waals surface area contributed by atoms with Crippen molar-refractivity contribution in [2.24, 2.45) is 11.8 Å². The fraction of sp³-hybridized carbons (Fsp3) is 0.226. The zero-order chi connectivity index (χ0) is 25.2. The van der Waals surface area contributed by atoms with Crippen molar-refractivity contribution in [2.45, 2.75) is 31.9 Å². The lowest BCUT2D eigenvalue weighted by molar-refractivity contribution is -0.130. The summed E-state index contributed by atoms with van der Waals surface area (Å²) in [5.74, 6) is -0.805. The number of anilines is 1. The van der Waals surface area contributed by atoms with Crippen LogP contribution < -0.4 is 4.90 Å². The molecule has 0 bridgehead atoms. The summed E-state index contributed by atoms with van der Waals surface area (Å²) in [7, 11) is 0. The van der Waals surface area contributed by atoms with E-state index in [1.165, 1.54) is 24.3 Å². The number of amides is 1. The summed E-state index contributed by atoms with van der Waals surface area (Å²) in [5.41, 5.74) is 4.39. The summed E-state index contributed by atoms with van der Waals surface area (Å²) in [5, 5.41) is 10.2. The van der Waals surface area contributed by atoms with Gasteiger partial charge in [-0.05, 0) is 59.5 Å². The first kappa shape index (κ1) is 23.9. The number of hydrogen-bond acceptors (Lipinski definition) is 3. The lowest BCUT2D eigenvalue weighted by Gasteiger charge is -2.47. The molecular formula is C31H28FNO3. The molecule has 36 heavy (non-hydrogen) atoms. The molecule has 2 unspecified atom stereocenters. The van der Waals surface area contributed by atoms with Gasteiger partial charge in [-0.2, -0.15) is 0 Å². The topological polar surface area (TPSA) is 57.6 Å². The Bertz CT molecular complexity index is 1310. The normalized spacial score (nSPS) is 23.2. The van der Waals surface area contributed by atoms with Crippen LogP contribution in [0.1, 0.15) is 47.3 Å². The van der Waals surface area contributed by atoms with E-state index in [-0.39, 0.29) is 41.8 Å². The number of nitrogens with zero attached hydrogens (tertiary/aromatic N) is 1. The molecule has 1 aliphatic heterocycles. The standard InChI is InChI=1S/C31H28FNO3/c1-20-26(8-5-9-28(20)34)21-10-12-23(13-11-21)30-27(31(36)33(30)25-6-3-2-4-7-25)18-19-29(35)22-14-16-24(32)17-15-22/h2-17,20,27-28,30,34H,18-19H2,1H3/t20?,27-,28?,30-/m1/s1. The molecule has 1 heterocycles. The van der Waals surface area contributed by atoms with Gasteiger partial charge in [-0.25, -0.2) is 4.39 Å². The third-order valence-corrected chi connectivity index (χ3v) is 7.27. The molecule has 0 radical (unpaired) electrons. The van der Waals surface area contributed by atoms with E-state index < -0.39 is 6.10 Å². The number of halogens is 1. The Morgan fingerprint density at radius 3 is 2.36 bits per heavy atom. The number of benzene rings is 3. The maximum atomic E-state index is 13.3. The van der Waals surface area contributed by atoms with Gasteiger partial charge >= 0.3 is 0 Å². The molecule has 1 amide bonds. The number of hydrogen-bond donors (Lipinski definition) is 1. The molecular weight excluding hydrogens is 453 g/mol. The predicted octanol–water partition coefficient (Wildman–Crippen LogP) is 6.14. The summed E-state index contributed by atoms with van der Waals surface area (Å²) in [4.78, 5) is 27.8. The molecule has 0 aromatic heterocycles. The van der Waals surface area contributed by atoms with E-state index in [1.807, 2.05) is 73.7 Å². The van der Waals surface area contributed by atoms with Crippen LogP contribution >= 0.6 is 0 Å². The van der Waals surface area contributed by atoms with E-state index in [4.69, 9.17) is 0 Å². The Balaban J connectivity index is 1.39. The second kappa shape index (κ2) is 10.0. The highest BCUT2D eigenvalue weighted by Crippen LogP contribution is 2.46. The van der Waals surface area contributed by atoms with Gasteiger partial charge in [0.1, 0.15) is 5.82 Å². The summed E-state index contributed by atoms with van der Waals surface area (Å²) in [6.07, 6.45) is 5.82. The van der Waals surface area contributed by atoms with Gasteiger partial charge in [0, 0.05) is 23.6 Å². The Morgan fingerprint density at radius 2 is 1.67 bits per heavy atom. The van der Waals surface area contributed by atoms with Crippen molar-refractivity contribution in [2.75, 3.05) is 4.90 Å². The number of Topliss-reactive ketones (excluding diaryl/α,β-unsaturated/α-hetero) is 1. The van der Waals surface area contributed by atoms with E-state index in [0.29, 0.717) is 12.0 Å². The number of rotatable bonds is 7. The molecule has 0 spiro atoms. The van der Waals surface area contributed by atoms with Crippen molar-refractivity contribution in [1.82, 2.24) is 0 Å². The number of ketones is 1. The Morgan fingerprint density at radius 1 is 0.972 bits per heavy atom. The van der Waals surface area contributed by atoms with Gasteiger partial charge in [-0.15, -0.1) is 0 Å². The second-order valence-corrected chi connectivity index (χ2v) is 9.47. The maximum Gasteiger partial charge on any atom is 0.233 e. The van der Waals surface area contributed by atoms with Crippen molar-refractivity contribution >= 4 is 23.0 Å². The maximum absolute atomic E-state index is 13.3. The average molecular weight is 482 g/mol. The summed E-state index contributed by atoms with van der Waals surface area (Å²) in [6, 6.07) is 23.1. The first-order valence-electron chi connectivity index (χ1n) is 12.3. The van der Waals surface area contributed by atoms with Crippen LogP contribution in [0.5, 0.6) is 0 Å². The van der Waals surface area contributed by atoms with Crippen LogP contribution in [0, 0.1) is 17.7 Å². The minimum absolute atomic E-state index is 0.000877. The molecule has 2 aliphatic rings. The molecule has 182 valence electrons. The van der Waals surface area contributed by atoms with E-state index >= 15 is 0 Å². The molecule has 1 saturated heterocycles. The minimum Gasteiger partial charge on any atom is -0.388 e. The van der Waals surface area contributed by atoms with Crippen LogP contribution in [0.15, 0.2) is 97.1 Å². The van der Waals surface area contributed by atoms with Crippen LogP contribution in [0.3, 0.4) is 0 Å². The molecule has 4 atom stereocenters. The third-order valence-electron chi connectivity index (χ3n) is 7.27. The van der Waals surface area contributed by atoms with Gasteiger partial charge in [-0.1, -0.05) is 67.6 Å². The number of para-hydroxylation sites is 1. The monoisotopic (exact) mass is 481 g/mol. The highest BCUT2D eigenvalue weighted by molar-refractivity contribution is 6.04. The molecule has 5 heteroatoms. The molecule has 4 nitrogen and oxygen atoms in total. The van der Waals surface area contributed by atoms with E-state index in [9.17, 15) is 19.1 Å². The van der Waals surface area contributed by atoms with E-state index in [0.717, 1.165) is 22.4 Å². The number of β-lactam (4-membered cyclic amide) rings is 1. The quantitative estimate of drug-likeness (QED) is 0.326. The first-order valence-corrected chi connectivity index (χ1v) is 12.3.